The number of nitrogens with two attached hydrogens (primary N) is 1. The van der Waals surface area contributed by atoms with E-state index >= 15 is 0 Å². The molecular weight excluding hydrogens is 391 g/mol. The molecule has 1 aromatic carbocycles. The zero-order valence-electron chi connectivity index (χ0n) is 12.1. The Hall–Kier alpha value is -1.08. The third-order valence-electron chi connectivity index (χ3n) is 3.07. The Bertz CT molecular complexity index is 660. The Morgan fingerprint density at radius 3 is 2.73 bits per heavy atom. The Morgan fingerprint density at radius 1 is 1.41 bits per heavy atom. The Balaban J connectivity index is 0.00000242. The lowest BCUT2D eigenvalue weighted by Crippen LogP contribution is -2.39. The zero-order valence-corrected chi connectivity index (χ0v) is 15.2. The SMILES string of the molecule is CC(C)[C@H](N)C(=O)Nc1cc(-c2cc(Br)ccc2Cl)[nH]n1.Cl. The summed E-state index contributed by atoms with van der Waals surface area (Å²) in [5, 5.41) is 10.2. The molecule has 1 amide bonds. The maximum Gasteiger partial charge on any atom is 0.242 e. The number of aromatic amines is 1. The van der Waals surface area contributed by atoms with Crippen LogP contribution in [0, 0.1) is 5.92 Å². The van der Waals surface area contributed by atoms with Gasteiger partial charge in [-0.15, -0.1) is 12.4 Å². The van der Waals surface area contributed by atoms with Gasteiger partial charge in [0.05, 0.1) is 16.8 Å². The maximum atomic E-state index is 11.9. The molecule has 2 rings (SSSR count). The van der Waals surface area contributed by atoms with E-state index in [2.05, 4.69) is 31.4 Å². The molecule has 0 saturated carbocycles. The van der Waals surface area contributed by atoms with Gasteiger partial charge in [0, 0.05) is 16.1 Å². The van der Waals surface area contributed by atoms with Gasteiger partial charge in [-0.2, -0.15) is 5.10 Å². The lowest BCUT2D eigenvalue weighted by molar-refractivity contribution is -0.118. The standard InChI is InChI=1S/C14H16BrClN4O.ClH/c1-7(2)13(17)14(21)18-12-6-11(19-20-12)9-5-8(15)3-4-10(9)16;/h3-7,13H,17H2,1-2H3,(H2,18,19,20,21);1H/t13-;/m0./s1. The lowest BCUT2D eigenvalue weighted by atomic mass is 10.1. The van der Waals surface area contributed by atoms with Crippen LogP contribution in [0.5, 0.6) is 0 Å². The molecule has 0 spiro atoms. The molecule has 5 nitrogen and oxygen atoms in total. The van der Waals surface area contributed by atoms with Gasteiger partial charge in [-0.3, -0.25) is 9.89 Å². The van der Waals surface area contributed by atoms with E-state index < -0.39 is 6.04 Å². The molecule has 0 fully saturated rings. The van der Waals surface area contributed by atoms with E-state index in [1.54, 1.807) is 12.1 Å². The molecule has 1 heterocycles. The van der Waals surface area contributed by atoms with Crippen LogP contribution in [-0.4, -0.2) is 22.1 Å². The van der Waals surface area contributed by atoms with Gasteiger partial charge in [0.1, 0.15) is 0 Å². The molecule has 8 heteroatoms. The summed E-state index contributed by atoms with van der Waals surface area (Å²) in [6.07, 6.45) is 0. The first kappa shape index (κ1) is 19.0. The highest BCUT2D eigenvalue weighted by Crippen LogP contribution is 2.30. The van der Waals surface area contributed by atoms with Crippen LogP contribution in [0.25, 0.3) is 11.3 Å². The van der Waals surface area contributed by atoms with E-state index in [4.69, 9.17) is 17.3 Å². The first-order chi connectivity index (χ1) is 9.88. The minimum Gasteiger partial charge on any atom is -0.320 e. The van der Waals surface area contributed by atoms with Gasteiger partial charge >= 0.3 is 0 Å². The van der Waals surface area contributed by atoms with Crippen LogP contribution in [0.4, 0.5) is 5.82 Å². The molecular formula is C14H17BrCl2N4O. The number of aromatic nitrogens is 2. The van der Waals surface area contributed by atoms with Crippen molar-refractivity contribution in [2.75, 3.05) is 5.32 Å². The second-order valence-corrected chi connectivity index (χ2v) is 6.37. The molecule has 0 aliphatic rings. The third-order valence-corrected chi connectivity index (χ3v) is 3.89. The minimum absolute atomic E-state index is 0. The number of carbonyl (C=O) groups excluding carboxylic acids is 1. The highest BCUT2D eigenvalue weighted by atomic mass is 79.9. The van der Waals surface area contributed by atoms with Crippen molar-refractivity contribution in [3.8, 4) is 11.3 Å². The highest BCUT2D eigenvalue weighted by Gasteiger charge is 2.18. The Kier molecular flexibility index (Phi) is 6.87. The van der Waals surface area contributed by atoms with E-state index in [-0.39, 0.29) is 24.2 Å². The van der Waals surface area contributed by atoms with Gasteiger partial charge in [-0.1, -0.05) is 41.4 Å². The topological polar surface area (TPSA) is 83.8 Å². The predicted octanol–water partition coefficient (Wildman–Crippen LogP) is 3.84. The quantitative estimate of drug-likeness (QED) is 0.719. The molecule has 0 aliphatic heterocycles. The van der Waals surface area contributed by atoms with Crippen molar-refractivity contribution in [3.05, 3.63) is 33.8 Å². The third kappa shape index (κ3) is 4.46. The van der Waals surface area contributed by atoms with Crippen LogP contribution in [0.15, 0.2) is 28.7 Å². The fraction of sp³-hybridized carbons (Fsp3) is 0.286. The second kappa shape index (κ2) is 7.97. The summed E-state index contributed by atoms with van der Waals surface area (Å²) < 4.78 is 0.906. The van der Waals surface area contributed by atoms with Crippen molar-refractivity contribution in [1.29, 1.82) is 0 Å². The van der Waals surface area contributed by atoms with Crippen molar-refractivity contribution in [3.63, 3.8) is 0 Å². The number of halogens is 3. The van der Waals surface area contributed by atoms with Crippen molar-refractivity contribution in [2.24, 2.45) is 11.7 Å². The smallest absolute Gasteiger partial charge is 0.242 e. The van der Waals surface area contributed by atoms with E-state index in [1.165, 1.54) is 0 Å². The highest BCUT2D eigenvalue weighted by molar-refractivity contribution is 9.10. The fourth-order valence-electron chi connectivity index (χ4n) is 1.74. The monoisotopic (exact) mass is 406 g/mol. The molecule has 120 valence electrons. The number of amides is 1. The normalized spacial score (nSPS) is 11.9. The van der Waals surface area contributed by atoms with Crippen LogP contribution in [0.3, 0.4) is 0 Å². The number of anilines is 1. The summed E-state index contributed by atoms with van der Waals surface area (Å²) in [6, 6.07) is 6.67. The first-order valence-corrected chi connectivity index (χ1v) is 7.63. The number of nitrogens with zero attached hydrogens (tertiary/aromatic N) is 1. The molecule has 1 atom stereocenters. The van der Waals surface area contributed by atoms with Crippen molar-refractivity contribution in [2.45, 2.75) is 19.9 Å². The molecule has 2 aromatic rings. The Labute approximate surface area is 148 Å². The summed E-state index contributed by atoms with van der Waals surface area (Å²) in [4.78, 5) is 11.9. The first-order valence-electron chi connectivity index (χ1n) is 6.45. The second-order valence-electron chi connectivity index (χ2n) is 5.05. The average Bonchev–Trinajstić information content (AvgIpc) is 2.88. The predicted molar refractivity (Wildman–Crippen MR) is 95.4 cm³/mol. The minimum atomic E-state index is -0.570. The van der Waals surface area contributed by atoms with Crippen LogP contribution in [0.1, 0.15) is 13.8 Å². The van der Waals surface area contributed by atoms with Crippen molar-refractivity contribution < 1.29 is 4.79 Å². The van der Waals surface area contributed by atoms with Gasteiger partial charge in [-0.05, 0) is 24.1 Å². The molecule has 1 aromatic heterocycles. The number of carbonyl (C=O) groups is 1. The summed E-state index contributed by atoms with van der Waals surface area (Å²) in [6.45, 7) is 3.78. The van der Waals surface area contributed by atoms with Crippen LogP contribution in [-0.2, 0) is 4.79 Å². The van der Waals surface area contributed by atoms with Crippen LogP contribution >= 0.6 is 39.9 Å². The van der Waals surface area contributed by atoms with Crippen molar-refractivity contribution in [1.82, 2.24) is 10.2 Å². The maximum absolute atomic E-state index is 11.9. The number of hydrogen-bond acceptors (Lipinski definition) is 3. The summed E-state index contributed by atoms with van der Waals surface area (Å²) >= 11 is 9.56. The molecule has 0 bridgehead atoms. The average molecular weight is 408 g/mol. The van der Waals surface area contributed by atoms with E-state index in [0.717, 1.165) is 15.7 Å². The zero-order chi connectivity index (χ0) is 15.6. The van der Waals surface area contributed by atoms with Gasteiger partial charge in [0.2, 0.25) is 5.91 Å². The molecule has 0 radical (unpaired) electrons. The summed E-state index contributed by atoms with van der Waals surface area (Å²) in [5.74, 6) is 0.216. The molecule has 0 aliphatic carbocycles. The summed E-state index contributed by atoms with van der Waals surface area (Å²) in [7, 11) is 0. The van der Waals surface area contributed by atoms with Gasteiger partial charge < -0.3 is 11.1 Å². The van der Waals surface area contributed by atoms with Gasteiger partial charge in [-0.25, -0.2) is 0 Å². The van der Waals surface area contributed by atoms with Crippen LogP contribution < -0.4 is 11.1 Å². The lowest BCUT2D eigenvalue weighted by Gasteiger charge is -2.13. The van der Waals surface area contributed by atoms with E-state index in [1.807, 2.05) is 26.0 Å². The largest absolute Gasteiger partial charge is 0.320 e. The molecule has 22 heavy (non-hydrogen) atoms. The fourth-order valence-corrected chi connectivity index (χ4v) is 2.32. The number of benzene rings is 1. The Morgan fingerprint density at radius 2 is 2.09 bits per heavy atom. The van der Waals surface area contributed by atoms with Crippen molar-refractivity contribution >= 4 is 51.7 Å². The van der Waals surface area contributed by atoms with Gasteiger partial charge in [0.25, 0.3) is 0 Å². The number of hydrogen-bond donors (Lipinski definition) is 3. The number of rotatable bonds is 4. The van der Waals surface area contributed by atoms with E-state index in [9.17, 15) is 4.79 Å². The van der Waals surface area contributed by atoms with Crippen LogP contribution in [0.2, 0.25) is 5.02 Å². The summed E-state index contributed by atoms with van der Waals surface area (Å²) in [5.41, 5.74) is 7.31. The van der Waals surface area contributed by atoms with E-state index in [0.29, 0.717) is 10.8 Å². The molecule has 0 saturated heterocycles. The number of H-pyrrole nitrogens is 1. The van der Waals surface area contributed by atoms with Gasteiger partial charge in [0.15, 0.2) is 5.82 Å². The molecule has 4 N–H and O–H groups in total. The number of nitrogens with one attached hydrogen (secondary N) is 2. The molecule has 0 unspecified atom stereocenters.